The van der Waals surface area contributed by atoms with Gasteiger partial charge in [0.05, 0.1) is 26.4 Å². The summed E-state index contributed by atoms with van der Waals surface area (Å²) in [5.74, 6) is -1.19. The van der Waals surface area contributed by atoms with Crippen molar-refractivity contribution in [1.82, 2.24) is 0 Å². The number of methoxy groups -OCH3 is 2. The van der Waals surface area contributed by atoms with Crippen LogP contribution in [0.4, 0.5) is 0 Å². The number of rotatable bonds is 6. The summed E-state index contributed by atoms with van der Waals surface area (Å²) in [5, 5.41) is 12.4. The normalized spacial score (nSPS) is 18.0. The van der Waals surface area contributed by atoms with Crippen molar-refractivity contribution in [3.8, 4) is 17.2 Å². The van der Waals surface area contributed by atoms with Gasteiger partial charge in [0.1, 0.15) is 23.2 Å². The Bertz CT molecular complexity index is 1240. The van der Waals surface area contributed by atoms with Gasteiger partial charge in [-0.1, -0.05) is 36.4 Å². The van der Waals surface area contributed by atoms with E-state index >= 15 is 0 Å². The fraction of sp³-hybridized carbons (Fsp3) is 0.259. The molecule has 6 heteroatoms. The monoisotopic (exact) mass is 446 g/mol. The molecule has 1 aliphatic carbocycles. The van der Waals surface area contributed by atoms with Gasteiger partial charge < -0.3 is 19.3 Å². The first kappa shape index (κ1) is 22.4. The highest BCUT2D eigenvalue weighted by Gasteiger charge is 2.41. The Morgan fingerprint density at radius 1 is 0.970 bits per heavy atom. The minimum absolute atomic E-state index is 0.0151. The lowest BCUT2D eigenvalue weighted by molar-refractivity contribution is -0.151. The van der Waals surface area contributed by atoms with Crippen molar-refractivity contribution in [2.45, 2.75) is 19.3 Å². The molecule has 2 unspecified atom stereocenters. The zero-order valence-electron chi connectivity index (χ0n) is 18.8. The van der Waals surface area contributed by atoms with Crippen LogP contribution in [0.5, 0.6) is 17.2 Å². The lowest BCUT2D eigenvalue weighted by atomic mass is 9.72. The standard InChI is InChI=1S/C27H26O6/c1-4-33-27(30)26-20(18-12-13-23(31-2)19-9-6-5-8-17(18)19)14-16(15-22(26)29)25-21(28)10-7-11-24(25)32-3/h5-13,15,20,26,28H,4,14H2,1-3H3. The second-order valence-corrected chi connectivity index (χ2v) is 7.87. The van der Waals surface area contributed by atoms with Crippen LogP contribution in [0.25, 0.3) is 16.3 Å². The average molecular weight is 446 g/mol. The fourth-order valence-corrected chi connectivity index (χ4v) is 4.66. The minimum Gasteiger partial charge on any atom is -0.507 e. The first-order valence-corrected chi connectivity index (χ1v) is 10.8. The van der Waals surface area contributed by atoms with E-state index < -0.39 is 17.8 Å². The zero-order valence-corrected chi connectivity index (χ0v) is 18.8. The Labute approximate surface area is 192 Å². The van der Waals surface area contributed by atoms with Gasteiger partial charge in [0.15, 0.2) is 5.78 Å². The van der Waals surface area contributed by atoms with Gasteiger partial charge in [-0.3, -0.25) is 9.59 Å². The molecule has 0 aromatic heterocycles. The lowest BCUT2D eigenvalue weighted by Crippen LogP contribution is -2.34. The first-order chi connectivity index (χ1) is 16.0. The van der Waals surface area contributed by atoms with Gasteiger partial charge >= 0.3 is 5.97 Å². The summed E-state index contributed by atoms with van der Waals surface area (Å²) >= 11 is 0. The van der Waals surface area contributed by atoms with Crippen LogP contribution < -0.4 is 9.47 Å². The molecule has 33 heavy (non-hydrogen) atoms. The number of benzene rings is 3. The quantitative estimate of drug-likeness (QED) is 0.429. The molecule has 1 aliphatic rings. The van der Waals surface area contributed by atoms with Gasteiger partial charge in [-0.05, 0) is 54.1 Å². The van der Waals surface area contributed by atoms with Crippen LogP contribution in [-0.4, -0.2) is 37.7 Å². The van der Waals surface area contributed by atoms with E-state index in [1.54, 1.807) is 32.2 Å². The van der Waals surface area contributed by atoms with E-state index in [1.807, 2.05) is 36.4 Å². The van der Waals surface area contributed by atoms with Crippen molar-refractivity contribution < 1.29 is 28.9 Å². The van der Waals surface area contributed by atoms with E-state index in [0.29, 0.717) is 29.1 Å². The molecule has 4 rings (SSSR count). The summed E-state index contributed by atoms with van der Waals surface area (Å²) < 4.78 is 16.3. The number of ketones is 1. The van der Waals surface area contributed by atoms with Crippen LogP contribution in [0, 0.1) is 5.92 Å². The van der Waals surface area contributed by atoms with Crippen LogP contribution in [0.1, 0.15) is 30.4 Å². The van der Waals surface area contributed by atoms with E-state index in [0.717, 1.165) is 16.3 Å². The van der Waals surface area contributed by atoms with Crippen molar-refractivity contribution in [3.63, 3.8) is 0 Å². The molecule has 3 aromatic rings. The molecule has 0 saturated heterocycles. The minimum atomic E-state index is -0.984. The topological polar surface area (TPSA) is 82.1 Å². The average Bonchev–Trinajstić information content (AvgIpc) is 2.82. The van der Waals surface area contributed by atoms with Gasteiger partial charge in [-0.15, -0.1) is 0 Å². The molecular formula is C27H26O6. The molecule has 0 bridgehead atoms. The fourth-order valence-electron chi connectivity index (χ4n) is 4.66. The predicted molar refractivity (Wildman–Crippen MR) is 126 cm³/mol. The van der Waals surface area contributed by atoms with Crippen LogP contribution in [0.15, 0.2) is 60.7 Å². The molecule has 3 aromatic carbocycles. The summed E-state index contributed by atoms with van der Waals surface area (Å²) in [6.07, 6.45) is 1.78. The Hall–Kier alpha value is -3.80. The smallest absolute Gasteiger partial charge is 0.317 e. The van der Waals surface area contributed by atoms with Crippen molar-refractivity contribution in [2.75, 3.05) is 20.8 Å². The highest BCUT2D eigenvalue weighted by Crippen LogP contribution is 2.47. The van der Waals surface area contributed by atoms with E-state index in [2.05, 4.69) is 0 Å². The molecule has 1 N–H and O–H groups in total. The Kier molecular flexibility index (Phi) is 6.36. The molecule has 0 aliphatic heterocycles. The third kappa shape index (κ3) is 4.04. The van der Waals surface area contributed by atoms with Gasteiger partial charge in [-0.2, -0.15) is 0 Å². The molecule has 2 atom stereocenters. The van der Waals surface area contributed by atoms with E-state index in [9.17, 15) is 14.7 Å². The molecular weight excluding hydrogens is 420 g/mol. The number of hydrogen-bond donors (Lipinski definition) is 1. The highest BCUT2D eigenvalue weighted by atomic mass is 16.5. The number of carbonyl (C=O) groups excluding carboxylic acids is 2. The Morgan fingerprint density at radius 2 is 1.70 bits per heavy atom. The summed E-state index contributed by atoms with van der Waals surface area (Å²) in [4.78, 5) is 26.2. The Morgan fingerprint density at radius 3 is 2.39 bits per heavy atom. The molecule has 0 heterocycles. The molecule has 0 fully saturated rings. The van der Waals surface area contributed by atoms with Crippen LogP contribution in [0.3, 0.4) is 0 Å². The molecule has 170 valence electrons. The summed E-state index contributed by atoms with van der Waals surface area (Å²) in [7, 11) is 3.12. The third-order valence-electron chi connectivity index (χ3n) is 6.09. The predicted octanol–water partition coefficient (Wildman–Crippen LogP) is 4.88. The number of aromatic hydroxyl groups is 1. The van der Waals surface area contributed by atoms with Gasteiger partial charge in [0, 0.05) is 11.3 Å². The number of phenols is 1. The number of phenolic OH excluding ortho intramolecular Hbond substituents is 1. The Balaban J connectivity index is 1.91. The van der Waals surface area contributed by atoms with Crippen LogP contribution >= 0.6 is 0 Å². The van der Waals surface area contributed by atoms with E-state index in [-0.39, 0.29) is 18.1 Å². The molecule has 0 saturated carbocycles. The second kappa shape index (κ2) is 9.36. The largest absolute Gasteiger partial charge is 0.507 e. The number of allylic oxidation sites excluding steroid dienone is 2. The molecule has 0 radical (unpaired) electrons. The van der Waals surface area contributed by atoms with Crippen LogP contribution in [-0.2, 0) is 14.3 Å². The van der Waals surface area contributed by atoms with Crippen molar-refractivity contribution >= 4 is 28.1 Å². The van der Waals surface area contributed by atoms with Gasteiger partial charge in [0.2, 0.25) is 0 Å². The molecule has 6 nitrogen and oxygen atoms in total. The van der Waals surface area contributed by atoms with Gasteiger partial charge in [0.25, 0.3) is 0 Å². The van der Waals surface area contributed by atoms with E-state index in [4.69, 9.17) is 14.2 Å². The van der Waals surface area contributed by atoms with Crippen molar-refractivity contribution in [1.29, 1.82) is 0 Å². The maximum Gasteiger partial charge on any atom is 0.317 e. The molecule has 0 spiro atoms. The third-order valence-corrected chi connectivity index (χ3v) is 6.09. The molecule has 0 amide bonds. The first-order valence-electron chi connectivity index (χ1n) is 10.8. The number of carbonyl (C=O) groups is 2. The lowest BCUT2D eigenvalue weighted by Gasteiger charge is -2.31. The highest BCUT2D eigenvalue weighted by molar-refractivity contribution is 6.11. The van der Waals surface area contributed by atoms with Crippen molar-refractivity contribution in [3.05, 3.63) is 71.8 Å². The van der Waals surface area contributed by atoms with Crippen molar-refractivity contribution in [2.24, 2.45) is 5.92 Å². The maximum absolute atomic E-state index is 13.3. The SMILES string of the molecule is CCOC(=O)C1C(=O)C=C(c2c(O)cccc2OC)CC1c1ccc(OC)c2ccccc12. The summed E-state index contributed by atoms with van der Waals surface area (Å²) in [5.41, 5.74) is 1.91. The second-order valence-electron chi connectivity index (χ2n) is 7.87. The van der Waals surface area contributed by atoms with Gasteiger partial charge in [-0.25, -0.2) is 0 Å². The number of fused-ring (bicyclic) bond motifs is 1. The zero-order chi connectivity index (χ0) is 23.5. The summed E-state index contributed by atoms with van der Waals surface area (Å²) in [6, 6.07) is 16.5. The summed E-state index contributed by atoms with van der Waals surface area (Å²) in [6.45, 7) is 1.90. The maximum atomic E-state index is 13.3. The number of hydrogen-bond acceptors (Lipinski definition) is 6. The van der Waals surface area contributed by atoms with E-state index in [1.165, 1.54) is 13.2 Å². The van der Waals surface area contributed by atoms with Crippen LogP contribution in [0.2, 0.25) is 0 Å². The number of ether oxygens (including phenoxy) is 3. The number of esters is 1.